The van der Waals surface area contributed by atoms with E-state index in [1.54, 1.807) is 24.4 Å². The van der Waals surface area contributed by atoms with Crippen molar-refractivity contribution in [3.05, 3.63) is 47.8 Å². The van der Waals surface area contributed by atoms with E-state index in [2.05, 4.69) is 15.5 Å². The Kier molecular flexibility index (Phi) is 4.35. The van der Waals surface area contributed by atoms with Gasteiger partial charge in [0.05, 0.1) is 19.0 Å². The summed E-state index contributed by atoms with van der Waals surface area (Å²) in [6.07, 6.45) is 5.38. The Balaban J connectivity index is 2.26. The predicted octanol–water partition coefficient (Wildman–Crippen LogP) is 1.77. The van der Waals surface area contributed by atoms with Crippen LogP contribution in [0.2, 0.25) is 0 Å². The van der Waals surface area contributed by atoms with Gasteiger partial charge in [0.15, 0.2) is 0 Å². The number of amides is 1. The van der Waals surface area contributed by atoms with Crippen molar-refractivity contribution in [1.29, 1.82) is 0 Å². The van der Waals surface area contributed by atoms with Gasteiger partial charge in [-0.15, -0.1) is 0 Å². The number of carbonyl (C=O) groups excluding carboxylic acids is 1. The van der Waals surface area contributed by atoms with Gasteiger partial charge in [-0.2, -0.15) is 5.10 Å². The number of anilines is 1. The van der Waals surface area contributed by atoms with Gasteiger partial charge in [0, 0.05) is 23.4 Å². The smallest absolute Gasteiger partial charge is 0.328 e. The molecule has 0 radical (unpaired) electrons. The molecule has 1 heterocycles. The van der Waals surface area contributed by atoms with E-state index < -0.39 is 5.97 Å². The highest BCUT2D eigenvalue weighted by molar-refractivity contribution is 6.04. The van der Waals surface area contributed by atoms with Crippen LogP contribution >= 0.6 is 0 Å². The van der Waals surface area contributed by atoms with Crippen molar-refractivity contribution in [2.45, 2.75) is 0 Å². The first-order chi connectivity index (χ1) is 10.1. The third kappa shape index (κ3) is 3.69. The molecule has 2 rings (SSSR count). The Morgan fingerprint density at radius 3 is 2.86 bits per heavy atom. The van der Waals surface area contributed by atoms with E-state index in [0.717, 1.165) is 6.08 Å². The lowest BCUT2D eigenvalue weighted by atomic mass is 10.1. The Hall–Kier alpha value is -3.09. The van der Waals surface area contributed by atoms with Crippen molar-refractivity contribution in [3.63, 3.8) is 0 Å². The highest BCUT2D eigenvalue weighted by atomic mass is 16.5. The van der Waals surface area contributed by atoms with Gasteiger partial charge in [0.1, 0.15) is 5.75 Å². The zero-order valence-electron chi connectivity index (χ0n) is 11.2. The molecule has 7 nitrogen and oxygen atoms in total. The van der Waals surface area contributed by atoms with Crippen molar-refractivity contribution in [2.75, 3.05) is 12.4 Å². The normalized spacial score (nSPS) is 10.5. The first-order valence-corrected chi connectivity index (χ1v) is 5.99. The lowest BCUT2D eigenvalue weighted by Gasteiger charge is -2.08. The number of nitrogens with one attached hydrogen (secondary N) is 2. The topological polar surface area (TPSA) is 104 Å². The van der Waals surface area contributed by atoms with Gasteiger partial charge in [0.2, 0.25) is 0 Å². The second-order valence-electron chi connectivity index (χ2n) is 4.07. The van der Waals surface area contributed by atoms with Crippen LogP contribution in [0.15, 0.2) is 36.7 Å². The van der Waals surface area contributed by atoms with Crippen LogP contribution in [0.1, 0.15) is 15.9 Å². The average Bonchev–Trinajstić information content (AvgIpc) is 2.97. The summed E-state index contributed by atoms with van der Waals surface area (Å²) in [5, 5.41) is 17.6. The number of carbonyl (C=O) groups is 2. The van der Waals surface area contributed by atoms with Crippen LogP contribution in [0.5, 0.6) is 5.75 Å². The average molecular weight is 287 g/mol. The fourth-order valence-corrected chi connectivity index (χ4v) is 1.69. The fraction of sp³-hybridized carbons (Fsp3) is 0.0714. The lowest BCUT2D eigenvalue weighted by Crippen LogP contribution is -2.11. The first kappa shape index (κ1) is 14.3. The summed E-state index contributed by atoms with van der Waals surface area (Å²) < 4.78 is 5.13. The summed E-state index contributed by atoms with van der Waals surface area (Å²) in [4.78, 5) is 22.7. The number of carboxylic acid groups (broad SMARTS) is 1. The second kappa shape index (κ2) is 6.38. The number of benzene rings is 1. The Morgan fingerprint density at radius 2 is 2.24 bits per heavy atom. The molecule has 7 heteroatoms. The SMILES string of the molecule is COc1ccc(C(=O)Nc2cn[nH]c2)cc1C=CC(=O)O. The van der Waals surface area contributed by atoms with Gasteiger partial charge < -0.3 is 15.2 Å². The van der Waals surface area contributed by atoms with E-state index in [4.69, 9.17) is 9.84 Å². The molecule has 1 aromatic heterocycles. The zero-order valence-corrected chi connectivity index (χ0v) is 11.2. The van der Waals surface area contributed by atoms with Crippen LogP contribution in [-0.4, -0.2) is 34.3 Å². The van der Waals surface area contributed by atoms with Crippen molar-refractivity contribution in [1.82, 2.24) is 10.2 Å². The zero-order chi connectivity index (χ0) is 15.2. The molecule has 0 atom stereocenters. The van der Waals surface area contributed by atoms with Crippen LogP contribution in [-0.2, 0) is 4.79 Å². The van der Waals surface area contributed by atoms with E-state index in [1.165, 1.54) is 19.4 Å². The van der Waals surface area contributed by atoms with E-state index in [1.807, 2.05) is 0 Å². The number of aromatic amines is 1. The van der Waals surface area contributed by atoms with Crippen molar-refractivity contribution in [3.8, 4) is 5.75 Å². The second-order valence-corrected chi connectivity index (χ2v) is 4.07. The van der Waals surface area contributed by atoms with E-state index in [0.29, 0.717) is 22.6 Å². The Labute approximate surface area is 120 Å². The first-order valence-electron chi connectivity index (χ1n) is 5.99. The molecular weight excluding hydrogens is 274 g/mol. The maximum Gasteiger partial charge on any atom is 0.328 e. The van der Waals surface area contributed by atoms with Crippen LogP contribution in [0.4, 0.5) is 5.69 Å². The highest BCUT2D eigenvalue weighted by Crippen LogP contribution is 2.22. The number of rotatable bonds is 5. The molecule has 0 saturated carbocycles. The molecule has 0 aliphatic heterocycles. The van der Waals surface area contributed by atoms with Gasteiger partial charge in [-0.05, 0) is 24.3 Å². The molecule has 0 bridgehead atoms. The van der Waals surface area contributed by atoms with E-state index in [9.17, 15) is 9.59 Å². The number of carboxylic acids is 1. The standard InChI is InChI=1S/C14H13N3O4/c1-21-12-4-2-10(6-9(12)3-5-13(18)19)14(20)17-11-7-15-16-8-11/h2-8H,1H3,(H,15,16)(H,17,20)(H,18,19). The molecule has 0 unspecified atom stereocenters. The molecule has 108 valence electrons. The molecule has 0 fully saturated rings. The molecule has 21 heavy (non-hydrogen) atoms. The summed E-state index contributed by atoms with van der Waals surface area (Å²) in [6, 6.07) is 4.74. The minimum atomic E-state index is -1.08. The summed E-state index contributed by atoms with van der Waals surface area (Å²) >= 11 is 0. The van der Waals surface area contributed by atoms with Gasteiger partial charge in [-0.3, -0.25) is 9.89 Å². The molecule has 3 N–H and O–H groups in total. The van der Waals surface area contributed by atoms with Crippen molar-refractivity contribution < 1.29 is 19.4 Å². The number of ether oxygens (including phenoxy) is 1. The minimum absolute atomic E-state index is 0.330. The van der Waals surface area contributed by atoms with Gasteiger partial charge in [-0.1, -0.05) is 0 Å². The summed E-state index contributed by atoms with van der Waals surface area (Å²) in [6.45, 7) is 0. The van der Waals surface area contributed by atoms with E-state index >= 15 is 0 Å². The van der Waals surface area contributed by atoms with Crippen LogP contribution < -0.4 is 10.1 Å². The van der Waals surface area contributed by atoms with E-state index in [-0.39, 0.29) is 5.91 Å². The molecule has 0 aliphatic carbocycles. The van der Waals surface area contributed by atoms with Crippen LogP contribution in [0, 0.1) is 0 Å². The van der Waals surface area contributed by atoms with Crippen LogP contribution in [0.3, 0.4) is 0 Å². The molecule has 1 amide bonds. The number of hydrogen-bond donors (Lipinski definition) is 3. The van der Waals surface area contributed by atoms with Crippen molar-refractivity contribution >= 4 is 23.6 Å². The number of methoxy groups -OCH3 is 1. The molecule has 2 aromatic rings. The number of H-pyrrole nitrogens is 1. The predicted molar refractivity (Wildman–Crippen MR) is 76.2 cm³/mol. The highest BCUT2D eigenvalue weighted by Gasteiger charge is 2.10. The number of nitrogens with zero attached hydrogens (tertiary/aromatic N) is 1. The maximum absolute atomic E-state index is 12.1. The summed E-state index contributed by atoms with van der Waals surface area (Å²) in [5.41, 5.74) is 1.42. The third-order valence-corrected chi connectivity index (χ3v) is 2.65. The molecular formula is C14H13N3O4. The van der Waals surface area contributed by atoms with Gasteiger partial charge >= 0.3 is 5.97 Å². The summed E-state index contributed by atoms with van der Waals surface area (Å²) in [5.74, 6) is -0.929. The third-order valence-electron chi connectivity index (χ3n) is 2.65. The minimum Gasteiger partial charge on any atom is -0.496 e. The Morgan fingerprint density at radius 1 is 1.43 bits per heavy atom. The molecule has 0 spiro atoms. The number of hydrogen-bond acceptors (Lipinski definition) is 4. The molecule has 0 aliphatic rings. The van der Waals surface area contributed by atoms with Crippen molar-refractivity contribution in [2.24, 2.45) is 0 Å². The largest absolute Gasteiger partial charge is 0.496 e. The fourth-order valence-electron chi connectivity index (χ4n) is 1.69. The lowest BCUT2D eigenvalue weighted by molar-refractivity contribution is -0.131. The monoisotopic (exact) mass is 287 g/mol. The van der Waals surface area contributed by atoms with Crippen LogP contribution in [0.25, 0.3) is 6.08 Å². The maximum atomic E-state index is 12.1. The number of aromatic nitrogens is 2. The number of aliphatic carboxylic acids is 1. The van der Waals surface area contributed by atoms with Gasteiger partial charge in [0.25, 0.3) is 5.91 Å². The quantitative estimate of drug-likeness (QED) is 0.727. The molecule has 0 saturated heterocycles. The Bertz CT molecular complexity index is 678. The van der Waals surface area contributed by atoms with Gasteiger partial charge in [-0.25, -0.2) is 4.79 Å². The molecule has 1 aromatic carbocycles. The summed E-state index contributed by atoms with van der Waals surface area (Å²) in [7, 11) is 1.47.